The van der Waals surface area contributed by atoms with Crippen LogP contribution in [0.3, 0.4) is 0 Å². The van der Waals surface area contributed by atoms with Gasteiger partial charge in [0.2, 0.25) is 0 Å². The minimum atomic E-state index is 0.0668. The average Bonchev–Trinajstić information content (AvgIpc) is 3.25. The molecule has 2 atom stereocenters. The molecule has 1 fully saturated rings. The molecule has 0 spiro atoms. The molecule has 1 saturated carbocycles. The van der Waals surface area contributed by atoms with E-state index in [1.54, 1.807) is 7.11 Å². The standard InChI is InChI=1S/C18H21NO/c1-19(2)17-13-18(17,14-9-5-4-6-10-14)15-11-7-8-12-16(15)20-3/h4-12,17H,13H2,1-3H3. The topological polar surface area (TPSA) is 12.5 Å². The van der Waals surface area contributed by atoms with Crippen LogP contribution in [0.4, 0.5) is 0 Å². The predicted octanol–water partition coefficient (Wildman–Crippen LogP) is 3.32. The van der Waals surface area contributed by atoms with Gasteiger partial charge in [-0.15, -0.1) is 0 Å². The van der Waals surface area contributed by atoms with Crippen LogP contribution in [-0.4, -0.2) is 32.1 Å². The first-order chi connectivity index (χ1) is 9.70. The zero-order valence-corrected chi connectivity index (χ0v) is 12.3. The van der Waals surface area contributed by atoms with Crippen molar-refractivity contribution in [2.75, 3.05) is 21.2 Å². The summed E-state index contributed by atoms with van der Waals surface area (Å²) in [4.78, 5) is 2.32. The maximum Gasteiger partial charge on any atom is 0.123 e. The van der Waals surface area contributed by atoms with Gasteiger partial charge in [-0.25, -0.2) is 0 Å². The highest BCUT2D eigenvalue weighted by molar-refractivity contribution is 5.54. The summed E-state index contributed by atoms with van der Waals surface area (Å²) in [7, 11) is 6.07. The average molecular weight is 267 g/mol. The lowest BCUT2D eigenvalue weighted by Crippen LogP contribution is -2.25. The first kappa shape index (κ1) is 13.2. The maximum atomic E-state index is 5.60. The van der Waals surface area contributed by atoms with Crippen molar-refractivity contribution in [3.8, 4) is 5.75 Å². The highest BCUT2D eigenvalue weighted by Gasteiger charge is 2.58. The quantitative estimate of drug-likeness (QED) is 0.842. The van der Waals surface area contributed by atoms with E-state index in [9.17, 15) is 0 Å². The van der Waals surface area contributed by atoms with Crippen molar-refractivity contribution in [3.05, 3.63) is 65.7 Å². The Balaban J connectivity index is 2.14. The molecule has 2 heteroatoms. The van der Waals surface area contributed by atoms with E-state index in [0.717, 1.165) is 12.2 Å². The lowest BCUT2D eigenvalue weighted by Gasteiger charge is -2.23. The Morgan fingerprint density at radius 3 is 2.25 bits per heavy atom. The van der Waals surface area contributed by atoms with Crippen molar-refractivity contribution in [2.45, 2.75) is 17.9 Å². The fourth-order valence-electron chi connectivity index (χ4n) is 3.37. The predicted molar refractivity (Wildman–Crippen MR) is 82.3 cm³/mol. The fourth-order valence-corrected chi connectivity index (χ4v) is 3.37. The summed E-state index contributed by atoms with van der Waals surface area (Å²) in [6, 6.07) is 19.7. The second kappa shape index (κ2) is 4.95. The number of benzene rings is 2. The van der Waals surface area contributed by atoms with Crippen molar-refractivity contribution < 1.29 is 4.74 Å². The molecule has 0 bridgehead atoms. The fraction of sp³-hybridized carbons (Fsp3) is 0.333. The smallest absolute Gasteiger partial charge is 0.123 e. The molecule has 2 nitrogen and oxygen atoms in total. The van der Waals surface area contributed by atoms with Gasteiger partial charge in [-0.1, -0.05) is 48.5 Å². The highest BCUT2D eigenvalue weighted by Crippen LogP contribution is 2.57. The Morgan fingerprint density at radius 1 is 1.00 bits per heavy atom. The third-order valence-electron chi connectivity index (χ3n) is 4.42. The van der Waals surface area contributed by atoms with Crippen molar-refractivity contribution in [1.82, 2.24) is 4.90 Å². The Bertz CT molecular complexity index is 593. The van der Waals surface area contributed by atoms with Crippen LogP contribution in [0.5, 0.6) is 5.75 Å². The van der Waals surface area contributed by atoms with Crippen LogP contribution in [0.2, 0.25) is 0 Å². The summed E-state index contributed by atoms with van der Waals surface area (Å²) < 4.78 is 5.60. The van der Waals surface area contributed by atoms with E-state index in [1.807, 2.05) is 6.07 Å². The van der Waals surface area contributed by atoms with E-state index in [2.05, 4.69) is 67.5 Å². The molecule has 0 aromatic heterocycles. The highest BCUT2D eigenvalue weighted by atomic mass is 16.5. The minimum absolute atomic E-state index is 0.0668. The second-order valence-corrected chi connectivity index (χ2v) is 5.72. The van der Waals surface area contributed by atoms with Gasteiger partial charge >= 0.3 is 0 Å². The van der Waals surface area contributed by atoms with Gasteiger partial charge in [0.1, 0.15) is 5.75 Å². The third-order valence-corrected chi connectivity index (χ3v) is 4.42. The molecule has 2 aromatic rings. The molecule has 2 unspecified atom stereocenters. The summed E-state index contributed by atoms with van der Waals surface area (Å²) in [6.45, 7) is 0. The molecule has 2 aromatic carbocycles. The molecule has 0 aliphatic heterocycles. The van der Waals surface area contributed by atoms with Crippen molar-refractivity contribution >= 4 is 0 Å². The van der Waals surface area contributed by atoms with E-state index in [4.69, 9.17) is 4.74 Å². The van der Waals surface area contributed by atoms with Gasteiger partial charge in [-0.2, -0.15) is 0 Å². The summed E-state index contributed by atoms with van der Waals surface area (Å²) in [5.74, 6) is 0.987. The first-order valence-electron chi connectivity index (χ1n) is 7.05. The zero-order valence-electron chi connectivity index (χ0n) is 12.3. The van der Waals surface area contributed by atoms with Crippen LogP contribution in [0.1, 0.15) is 17.5 Å². The molecule has 3 rings (SSSR count). The van der Waals surface area contributed by atoms with Crippen molar-refractivity contribution in [1.29, 1.82) is 0 Å². The molecular formula is C18H21NO. The van der Waals surface area contributed by atoms with Crippen molar-refractivity contribution in [2.24, 2.45) is 0 Å². The number of methoxy groups -OCH3 is 1. The molecule has 1 aliphatic carbocycles. The first-order valence-corrected chi connectivity index (χ1v) is 7.05. The molecule has 0 N–H and O–H groups in total. The largest absolute Gasteiger partial charge is 0.496 e. The zero-order chi connectivity index (χ0) is 14.2. The molecule has 0 radical (unpaired) electrons. The summed E-state index contributed by atoms with van der Waals surface area (Å²) in [6.07, 6.45) is 1.14. The van der Waals surface area contributed by atoms with E-state index in [1.165, 1.54) is 11.1 Å². The van der Waals surface area contributed by atoms with Gasteiger partial charge in [-0.05, 0) is 32.1 Å². The number of hydrogen-bond donors (Lipinski definition) is 0. The van der Waals surface area contributed by atoms with Crippen LogP contribution in [-0.2, 0) is 5.41 Å². The molecule has 0 saturated heterocycles. The van der Waals surface area contributed by atoms with Crippen LogP contribution in [0, 0.1) is 0 Å². The number of likely N-dealkylation sites (N-methyl/N-ethyl adjacent to an activating group) is 1. The third kappa shape index (κ3) is 1.92. The number of rotatable bonds is 4. The van der Waals surface area contributed by atoms with Crippen LogP contribution in [0.15, 0.2) is 54.6 Å². The summed E-state index contributed by atoms with van der Waals surface area (Å²) in [5.41, 5.74) is 2.74. The lowest BCUT2D eigenvalue weighted by atomic mass is 9.86. The second-order valence-electron chi connectivity index (χ2n) is 5.72. The van der Waals surface area contributed by atoms with E-state index >= 15 is 0 Å². The molecule has 0 amide bonds. The van der Waals surface area contributed by atoms with Crippen molar-refractivity contribution in [3.63, 3.8) is 0 Å². The number of para-hydroxylation sites is 1. The Hall–Kier alpha value is -1.80. The van der Waals surface area contributed by atoms with Crippen LogP contribution < -0.4 is 4.74 Å². The molecule has 0 heterocycles. The van der Waals surface area contributed by atoms with Crippen LogP contribution >= 0.6 is 0 Å². The molecular weight excluding hydrogens is 246 g/mol. The van der Waals surface area contributed by atoms with E-state index < -0.39 is 0 Å². The lowest BCUT2D eigenvalue weighted by molar-refractivity contribution is 0.366. The Morgan fingerprint density at radius 2 is 1.65 bits per heavy atom. The van der Waals surface area contributed by atoms with E-state index in [-0.39, 0.29) is 5.41 Å². The monoisotopic (exact) mass is 267 g/mol. The molecule has 1 aliphatic rings. The van der Waals surface area contributed by atoms with E-state index in [0.29, 0.717) is 6.04 Å². The maximum absolute atomic E-state index is 5.60. The van der Waals surface area contributed by atoms with Gasteiger partial charge in [0, 0.05) is 17.0 Å². The van der Waals surface area contributed by atoms with Gasteiger partial charge < -0.3 is 9.64 Å². The Labute approximate surface area is 121 Å². The van der Waals surface area contributed by atoms with Gasteiger partial charge in [-0.3, -0.25) is 0 Å². The number of nitrogens with zero attached hydrogens (tertiary/aromatic N) is 1. The normalized spacial score (nSPS) is 24.7. The van der Waals surface area contributed by atoms with Gasteiger partial charge in [0.25, 0.3) is 0 Å². The van der Waals surface area contributed by atoms with Crippen LogP contribution in [0.25, 0.3) is 0 Å². The minimum Gasteiger partial charge on any atom is -0.496 e. The SMILES string of the molecule is COc1ccccc1C1(c2ccccc2)CC1N(C)C. The summed E-state index contributed by atoms with van der Waals surface area (Å²) >= 11 is 0. The number of hydrogen-bond acceptors (Lipinski definition) is 2. The molecule has 104 valence electrons. The Kier molecular flexibility index (Phi) is 3.27. The molecule has 20 heavy (non-hydrogen) atoms. The van der Waals surface area contributed by atoms with Gasteiger partial charge in [0.15, 0.2) is 0 Å². The van der Waals surface area contributed by atoms with Gasteiger partial charge in [0.05, 0.1) is 7.11 Å². The number of ether oxygens (including phenoxy) is 1. The summed E-state index contributed by atoms with van der Waals surface area (Å²) in [5, 5.41) is 0.